The minimum absolute atomic E-state index is 0.221. The van der Waals surface area contributed by atoms with Crippen molar-refractivity contribution in [3.05, 3.63) is 84.7 Å². The van der Waals surface area contributed by atoms with Gasteiger partial charge in [-0.15, -0.1) is 10.2 Å². The second-order valence-electron chi connectivity index (χ2n) is 9.35. The number of furan rings is 1. The summed E-state index contributed by atoms with van der Waals surface area (Å²) in [5.41, 5.74) is 5.69. The van der Waals surface area contributed by atoms with E-state index in [1.165, 1.54) is 0 Å². The third kappa shape index (κ3) is 3.85. The molecule has 1 saturated heterocycles. The molecule has 0 radical (unpaired) electrons. The Labute approximate surface area is 207 Å². The maximum absolute atomic E-state index is 6.22. The van der Waals surface area contributed by atoms with Gasteiger partial charge in [-0.05, 0) is 74.0 Å². The predicted octanol–water partition coefficient (Wildman–Crippen LogP) is 5.80. The molecule has 178 valence electrons. The molecule has 6 aromatic rings. The monoisotopic (exact) mass is 476 g/mol. The molecule has 0 bridgehead atoms. The highest BCUT2D eigenvalue weighted by Crippen LogP contribution is 2.33. The predicted molar refractivity (Wildman–Crippen MR) is 136 cm³/mol. The Hall–Kier alpha value is -4.30. The van der Waals surface area contributed by atoms with Crippen LogP contribution in [-0.2, 0) is 6.54 Å². The molecule has 0 unspecified atom stereocenters. The van der Waals surface area contributed by atoms with Crippen LogP contribution in [0.5, 0.6) is 0 Å². The van der Waals surface area contributed by atoms with Crippen LogP contribution in [0.25, 0.3) is 44.6 Å². The molecule has 1 N–H and O–H groups in total. The topological polar surface area (TPSA) is 96.9 Å². The van der Waals surface area contributed by atoms with Gasteiger partial charge in [0.15, 0.2) is 0 Å². The van der Waals surface area contributed by atoms with E-state index in [2.05, 4.69) is 48.5 Å². The molecule has 1 aliphatic rings. The van der Waals surface area contributed by atoms with Crippen molar-refractivity contribution < 1.29 is 8.83 Å². The summed E-state index contributed by atoms with van der Waals surface area (Å²) in [4.78, 5) is 6.89. The van der Waals surface area contributed by atoms with E-state index in [-0.39, 0.29) is 5.92 Å². The number of benzene rings is 2. The summed E-state index contributed by atoms with van der Waals surface area (Å²) in [5, 5.41) is 18.6. The van der Waals surface area contributed by atoms with Crippen molar-refractivity contribution in [3.63, 3.8) is 0 Å². The van der Waals surface area contributed by atoms with E-state index < -0.39 is 0 Å². The number of nitrogens with zero attached hydrogens (tertiary/aromatic N) is 5. The molecule has 0 saturated carbocycles. The standard InChI is InChI=1S/C28H24N6O2/c1-2-11-29-22(5-1)17-34-12-3-4-21(16-34)28-33-32-27(36-28)20-6-8-24-23(15-20)26(31-30-24)19-7-9-25-18(14-19)10-13-35-25/h1-2,5-11,13-15,21H,3-4,12,16-17H2,(H,30,31)/t21-/m1/s1. The van der Waals surface area contributed by atoms with Gasteiger partial charge in [-0.25, -0.2) is 0 Å². The molecular weight excluding hydrogens is 452 g/mol. The summed E-state index contributed by atoms with van der Waals surface area (Å²) in [5.74, 6) is 1.46. The molecule has 2 aromatic carbocycles. The van der Waals surface area contributed by atoms with Crippen LogP contribution in [0.15, 0.2) is 82.0 Å². The van der Waals surface area contributed by atoms with Crippen LogP contribution in [0.4, 0.5) is 0 Å². The number of H-pyrrole nitrogens is 1. The van der Waals surface area contributed by atoms with Crippen LogP contribution < -0.4 is 0 Å². The van der Waals surface area contributed by atoms with Crippen LogP contribution in [0.3, 0.4) is 0 Å². The molecule has 0 aliphatic carbocycles. The van der Waals surface area contributed by atoms with E-state index >= 15 is 0 Å². The van der Waals surface area contributed by atoms with Gasteiger partial charge in [-0.1, -0.05) is 6.07 Å². The molecular formula is C28H24N6O2. The maximum atomic E-state index is 6.22. The molecule has 1 fully saturated rings. The van der Waals surface area contributed by atoms with Gasteiger partial charge in [-0.3, -0.25) is 15.0 Å². The number of hydrogen-bond acceptors (Lipinski definition) is 7. The number of nitrogens with one attached hydrogen (secondary N) is 1. The van der Waals surface area contributed by atoms with Crippen molar-refractivity contribution in [3.8, 4) is 22.7 Å². The number of aromatic amines is 1. The Morgan fingerprint density at radius 2 is 1.97 bits per heavy atom. The van der Waals surface area contributed by atoms with Gasteiger partial charge < -0.3 is 8.83 Å². The van der Waals surface area contributed by atoms with Crippen LogP contribution >= 0.6 is 0 Å². The minimum atomic E-state index is 0.221. The Bertz CT molecular complexity index is 1650. The lowest BCUT2D eigenvalue weighted by Crippen LogP contribution is -2.34. The van der Waals surface area contributed by atoms with E-state index in [1.54, 1.807) is 6.26 Å². The van der Waals surface area contributed by atoms with Crippen molar-refractivity contribution >= 4 is 21.9 Å². The first-order valence-electron chi connectivity index (χ1n) is 12.2. The lowest BCUT2D eigenvalue weighted by molar-refractivity contribution is 0.184. The zero-order chi connectivity index (χ0) is 23.9. The smallest absolute Gasteiger partial charge is 0.247 e. The van der Waals surface area contributed by atoms with E-state index in [0.29, 0.717) is 11.8 Å². The molecule has 0 spiro atoms. The number of likely N-dealkylation sites (tertiary alicyclic amines) is 1. The molecule has 1 atom stereocenters. The Balaban J connectivity index is 1.15. The molecule has 4 aromatic heterocycles. The third-order valence-electron chi connectivity index (χ3n) is 6.94. The maximum Gasteiger partial charge on any atom is 0.247 e. The average Bonchev–Trinajstić information content (AvgIpc) is 3.68. The first kappa shape index (κ1) is 21.0. The molecule has 7 rings (SSSR count). The van der Waals surface area contributed by atoms with Crippen molar-refractivity contribution in [2.24, 2.45) is 0 Å². The number of hydrogen-bond donors (Lipinski definition) is 1. The normalized spacial score (nSPS) is 16.7. The van der Waals surface area contributed by atoms with E-state index in [1.807, 2.05) is 48.7 Å². The molecule has 8 heteroatoms. The number of pyridine rings is 1. The van der Waals surface area contributed by atoms with E-state index in [0.717, 1.165) is 76.9 Å². The highest BCUT2D eigenvalue weighted by Gasteiger charge is 2.26. The average molecular weight is 477 g/mol. The summed E-state index contributed by atoms with van der Waals surface area (Å²) >= 11 is 0. The van der Waals surface area contributed by atoms with Crippen LogP contribution in [-0.4, -0.2) is 43.4 Å². The summed E-state index contributed by atoms with van der Waals surface area (Å²) in [6, 6.07) is 20.2. The van der Waals surface area contributed by atoms with Crippen molar-refractivity contribution in [1.82, 2.24) is 30.3 Å². The number of fused-ring (bicyclic) bond motifs is 2. The van der Waals surface area contributed by atoms with Crippen molar-refractivity contribution in [2.45, 2.75) is 25.3 Å². The fraction of sp³-hybridized carbons (Fsp3) is 0.214. The Morgan fingerprint density at radius 1 is 1.00 bits per heavy atom. The van der Waals surface area contributed by atoms with Crippen molar-refractivity contribution in [1.29, 1.82) is 0 Å². The second-order valence-corrected chi connectivity index (χ2v) is 9.35. The Kier molecular flexibility index (Phi) is 5.10. The fourth-order valence-electron chi connectivity index (χ4n) is 5.12. The highest BCUT2D eigenvalue weighted by atomic mass is 16.4. The van der Waals surface area contributed by atoms with Crippen molar-refractivity contribution in [2.75, 3.05) is 13.1 Å². The van der Waals surface area contributed by atoms with Gasteiger partial charge in [0.25, 0.3) is 0 Å². The number of aromatic nitrogens is 5. The lowest BCUT2D eigenvalue weighted by Gasteiger charge is -2.30. The molecule has 36 heavy (non-hydrogen) atoms. The van der Waals surface area contributed by atoms with Crippen LogP contribution in [0.2, 0.25) is 0 Å². The quantitative estimate of drug-likeness (QED) is 0.336. The van der Waals surface area contributed by atoms with Gasteiger partial charge >= 0.3 is 0 Å². The minimum Gasteiger partial charge on any atom is -0.464 e. The van der Waals surface area contributed by atoms with E-state index in [9.17, 15) is 0 Å². The summed E-state index contributed by atoms with van der Waals surface area (Å²) in [7, 11) is 0. The van der Waals surface area contributed by atoms with Gasteiger partial charge in [-0.2, -0.15) is 5.10 Å². The fourth-order valence-corrected chi connectivity index (χ4v) is 5.12. The molecule has 5 heterocycles. The Morgan fingerprint density at radius 3 is 2.92 bits per heavy atom. The molecule has 0 amide bonds. The summed E-state index contributed by atoms with van der Waals surface area (Å²) < 4.78 is 11.7. The van der Waals surface area contributed by atoms with Gasteiger partial charge in [0.05, 0.1) is 29.1 Å². The van der Waals surface area contributed by atoms with E-state index in [4.69, 9.17) is 8.83 Å². The summed E-state index contributed by atoms with van der Waals surface area (Å²) in [6.45, 7) is 2.78. The SMILES string of the molecule is c1ccc(CN2CCC[C@@H](c3nnc(-c4ccc5[nH]nc(-c6ccc7occc7c6)c5c4)o3)C2)nc1. The second kappa shape index (κ2) is 8.73. The molecule has 1 aliphatic heterocycles. The van der Waals surface area contributed by atoms with Gasteiger partial charge in [0.2, 0.25) is 11.8 Å². The zero-order valence-corrected chi connectivity index (χ0v) is 19.6. The largest absolute Gasteiger partial charge is 0.464 e. The number of rotatable bonds is 5. The third-order valence-corrected chi connectivity index (χ3v) is 6.94. The first-order chi connectivity index (χ1) is 17.8. The molecule has 8 nitrogen and oxygen atoms in total. The van der Waals surface area contributed by atoms with Gasteiger partial charge in [0.1, 0.15) is 5.58 Å². The number of piperidine rings is 1. The van der Waals surface area contributed by atoms with Gasteiger partial charge in [0, 0.05) is 41.2 Å². The zero-order valence-electron chi connectivity index (χ0n) is 19.6. The first-order valence-corrected chi connectivity index (χ1v) is 12.2. The van der Waals surface area contributed by atoms with Crippen LogP contribution in [0, 0.1) is 0 Å². The van der Waals surface area contributed by atoms with Crippen LogP contribution in [0.1, 0.15) is 30.3 Å². The summed E-state index contributed by atoms with van der Waals surface area (Å²) in [6.07, 6.45) is 5.69. The lowest BCUT2D eigenvalue weighted by atomic mass is 9.98. The highest BCUT2D eigenvalue weighted by molar-refractivity contribution is 5.97.